The molecule has 0 atom stereocenters. The zero-order valence-corrected chi connectivity index (χ0v) is 15.7. The van der Waals surface area contributed by atoms with Gasteiger partial charge in [0.05, 0.1) is 29.0 Å². The lowest BCUT2D eigenvalue weighted by atomic mass is 10.1. The normalized spacial score (nSPS) is 10.4. The van der Waals surface area contributed by atoms with Gasteiger partial charge in [-0.1, -0.05) is 41.9 Å². The number of hydrogen-bond donors (Lipinski definition) is 1. The van der Waals surface area contributed by atoms with E-state index in [-0.39, 0.29) is 23.2 Å². The van der Waals surface area contributed by atoms with Gasteiger partial charge in [0.2, 0.25) is 11.8 Å². The second-order valence-corrected chi connectivity index (χ2v) is 6.31. The van der Waals surface area contributed by atoms with Crippen LogP contribution < -0.4 is 10.2 Å². The van der Waals surface area contributed by atoms with Gasteiger partial charge in [0.1, 0.15) is 5.82 Å². The molecule has 1 N–H and O–H groups in total. The average molecular weight is 399 g/mol. The molecule has 6 nitrogen and oxygen atoms in total. The predicted octanol–water partition coefficient (Wildman–Crippen LogP) is 4.13. The first-order chi connectivity index (χ1) is 13.5. The Hall–Kier alpha value is -3.32. The molecular formula is C20H16ClFN4O2. The maximum Gasteiger partial charge on any atom is 0.229 e. The van der Waals surface area contributed by atoms with Gasteiger partial charge < -0.3 is 5.32 Å². The Kier molecular flexibility index (Phi) is 5.96. The van der Waals surface area contributed by atoms with Crippen molar-refractivity contribution in [2.75, 3.05) is 10.2 Å². The number of benzene rings is 2. The number of amides is 2. The van der Waals surface area contributed by atoms with E-state index >= 15 is 0 Å². The number of para-hydroxylation sites is 1. The lowest BCUT2D eigenvalue weighted by Crippen LogP contribution is -2.24. The monoisotopic (exact) mass is 398 g/mol. The summed E-state index contributed by atoms with van der Waals surface area (Å²) in [6.07, 6.45) is 1.25. The van der Waals surface area contributed by atoms with E-state index in [2.05, 4.69) is 15.5 Å². The summed E-state index contributed by atoms with van der Waals surface area (Å²) in [5, 5.41) is 10.4. The van der Waals surface area contributed by atoms with E-state index < -0.39 is 11.7 Å². The number of hydrogen-bond acceptors (Lipinski definition) is 4. The van der Waals surface area contributed by atoms with Gasteiger partial charge in [0.15, 0.2) is 5.82 Å². The lowest BCUT2D eigenvalue weighted by Gasteiger charge is -2.20. The first-order valence-corrected chi connectivity index (χ1v) is 8.74. The van der Waals surface area contributed by atoms with Crippen molar-refractivity contribution in [2.45, 2.75) is 13.3 Å². The molecule has 0 aliphatic rings. The van der Waals surface area contributed by atoms with Crippen molar-refractivity contribution < 1.29 is 14.0 Å². The van der Waals surface area contributed by atoms with Crippen molar-refractivity contribution in [3.63, 3.8) is 0 Å². The number of halogens is 2. The van der Waals surface area contributed by atoms with Crippen LogP contribution in [0.2, 0.25) is 5.02 Å². The van der Waals surface area contributed by atoms with Crippen LogP contribution in [0.4, 0.5) is 21.6 Å². The second-order valence-electron chi connectivity index (χ2n) is 5.93. The van der Waals surface area contributed by atoms with Crippen LogP contribution in [0.25, 0.3) is 0 Å². The third kappa shape index (κ3) is 4.50. The van der Waals surface area contributed by atoms with Crippen LogP contribution in [-0.4, -0.2) is 22.0 Å². The highest BCUT2D eigenvalue weighted by Gasteiger charge is 2.17. The van der Waals surface area contributed by atoms with Crippen molar-refractivity contribution in [2.24, 2.45) is 0 Å². The van der Waals surface area contributed by atoms with E-state index in [4.69, 9.17) is 11.6 Å². The molecule has 0 saturated heterocycles. The fourth-order valence-corrected chi connectivity index (χ4v) is 2.84. The van der Waals surface area contributed by atoms with Crippen LogP contribution in [0.15, 0.2) is 60.8 Å². The molecule has 0 bridgehead atoms. The molecule has 8 heteroatoms. The topological polar surface area (TPSA) is 75.2 Å². The Balaban J connectivity index is 1.80. The van der Waals surface area contributed by atoms with Crippen LogP contribution in [-0.2, 0) is 16.0 Å². The highest BCUT2D eigenvalue weighted by molar-refractivity contribution is 6.31. The maximum absolute atomic E-state index is 13.5. The molecule has 1 heterocycles. The van der Waals surface area contributed by atoms with Gasteiger partial charge in [0.25, 0.3) is 0 Å². The minimum absolute atomic E-state index is 0.0852. The van der Waals surface area contributed by atoms with Crippen molar-refractivity contribution in [3.05, 3.63) is 77.2 Å². The van der Waals surface area contributed by atoms with E-state index in [1.54, 1.807) is 30.3 Å². The quantitative estimate of drug-likeness (QED) is 0.701. The number of carbonyl (C=O) groups excluding carboxylic acids is 2. The highest BCUT2D eigenvalue weighted by Crippen LogP contribution is 2.25. The van der Waals surface area contributed by atoms with E-state index in [0.29, 0.717) is 16.9 Å². The molecule has 3 rings (SSSR count). The summed E-state index contributed by atoms with van der Waals surface area (Å²) in [4.78, 5) is 25.8. The van der Waals surface area contributed by atoms with Crippen molar-refractivity contribution in [1.29, 1.82) is 0 Å². The summed E-state index contributed by atoms with van der Waals surface area (Å²) < 4.78 is 13.5. The number of anilines is 3. The van der Waals surface area contributed by atoms with Gasteiger partial charge in [-0.3, -0.25) is 14.5 Å². The fraction of sp³-hybridized carbons (Fsp3) is 0.100. The van der Waals surface area contributed by atoms with E-state index in [9.17, 15) is 14.0 Å². The van der Waals surface area contributed by atoms with Crippen LogP contribution in [0.5, 0.6) is 0 Å². The van der Waals surface area contributed by atoms with E-state index in [0.717, 1.165) is 0 Å². The number of carbonyl (C=O) groups is 2. The highest BCUT2D eigenvalue weighted by atomic mass is 35.5. The molecule has 0 saturated carbocycles. The summed E-state index contributed by atoms with van der Waals surface area (Å²) in [6, 6.07) is 14.8. The molecule has 0 radical (unpaired) electrons. The third-order valence-corrected chi connectivity index (χ3v) is 4.29. The Morgan fingerprint density at radius 3 is 2.61 bits per heavy atom. The largest absolute Gasteiger partial charge is 0.324 e. The first-order valence-electron chi connectivity index (χ1n) is 8.37. The summed E-state index contributed by atoms with van der Waals surface area (Å²) in [5.74, 6) is -0.976. The molecular weight excluding hydrogens is 383 g/mol. The van der Waals surface area contributed by atoms with Gasteiger partial charge in [0, 0.05) is 13.0 Å². The second kappa shape index (κ2) is 8.58. The number of aromatic nitrogens is 2. The van der Waals surface area contributed by atoms with Gasteiger partial charge in [-0.05, 0) is 23.8 Å². The maximum atomic E-state index is 13.5. The molecule has 0 fully saturated rings. The Labute approximate surface area is 166 Å². The van der Waals surface area contributed by atoms with E-state index in [1.165, 1.54) is 36.2 Å². The summed E-state index contributed by atoms with van der Waals surface area (Å²) in [5.41, 5.74) is 1.35. The zero-order chi connectivity index (χ0) is 20.1. The van der Waals surface area contributed by atoms with Gasteiger partial charge in [-0.15, -0.1) is 5.10 Å². The number of nitrogens with one attached hydrogen (secondary N) is 1. The molecule has 0 aliphatic carbocycles. The Morgan fingerprint density at radius 2 is 1.89 bits per heavy atom. The summed E-state index contributed by atoms with van der Waals surface area (Å²) in [6.45, 7) is 1.41. The molecule has 2 amide bonds. The predicted molar refractivity (Wildman–Crippen MR) is 105 cm³/mol. The van der Waals surface area contributed by atoms with Crippen LogP contribution in [0.1, 0.15) is 12.5 Å². The average Bonchev–Trinajstić information content (AvgIpc) is 2.66. The first kappa shape index (κ1) is 19.4. The molecule has 0 aliphatic heterocycles. The Morgan fingerprint density at radius 1 is 1.14 bits per heavy atom. The van der Waals surface area contributed by atoms with E-state index in [1.807, 2.05) is 6.07 Å². The van der Waals surface area contributed by atoms with Crippen LogP contribution >= 0.6 is 11.6 Å². The van der Waals surface area contributed by atoms with Crippen LogP contribution in [0, 0.1) is 5.82 Å². The van der Waals surface area contributed by atoms with Gasteiger partial charge in [-0.2, -0.15) is 5.10 Å². The smallest absolute Gasteiger partial charge is 0.229 e. The summed E-state index contributed by atoms with van der Waals surface area (Å²) in [7, 11) is 0. The molecule has 0 unspecified atom stereocenters. The lowest BCUT2D eigenvalue weighted by molar-refractivity contribution is -0.116. The summed E-state index contributed by atoms with van der Waals surface area (Å²) >= 11 is 5.89. The molecule has 2 aromatic carbocycles. The van der Waals surface area contributed by atoms with Gasteiger partial charge in [-0.25, -0.2) is 4.39 Å². The Bertz CT molecular complexity index is 1010. The molecule has 0 spiro atoms. The van der Waals surface area contributed by atoms with Gasteiger partial charge >= 0.3 is 0 Å². The molecule has 3 aromatic rings. The number of rotatable bonds is 5. The third-order valence-electron chi connectivity index (χ3n) is 3.87. The number of nitrogens with zero attached hydrogens (tertiary/aromatic N) is 3. The zero-order valence-electron chi connectivity index (χ0n) is 14.9. The minimum atomic E-state index is -0.584. The minimum Gasteiger partial charge on any atom is -0.324 e. The van der Waals surface area contributed by atoms with Crippen molar-refractivity contribution >= 4 is 40.6 Å². The molecule has 142 valence electrons. The molecule has 1 aromatic heterocycles. The fourth-order valence-electron chi connectivity index (χ4n) is 2.65. The molecule has 28 heavy (non-hydrogen) atoms. The standard InChI is InChI=1S/C20H16ClFN4O2/c1-13(27)26(16-7-3-2-4-8-16)18-11-15(12-23-25-18)24-19(28)10-14-6-5-9-17(22)20(14)21/h2-9,11-12H,10H2,1H3,(H,24,25,28). The van der Waals surface area contributed by atoms with Crippen molar-refractivity contribution in [3.8, 4) is 0 Å². The van der Waals surface area contributed by atoms with Crippen LogP contribution in [0.3, 0.4) is 0 Å². The van der Waals surface area contributed by atoms with Crippen molar-refractivity contribution in [1.82, 2.24) is 10.2 Å². The SMILES string of the molecule is CC(=O)N(c1ccccc1)c1cc(NC(=O)Cc2cccc(F)c2Cl)cnn1.